The molecule has 2 saturated heterocycles. The molecule has 15 nitrogen and oxygen atoms in total. The van der Waals surface area contributed by atoms with Crippen molar-refractivity contribution in [1.29, 1.82) is 0 Å². The van der Waals surface area contributed by atoms with Gasteiger partial charge in [-0.1, -0.05) is 71.6 Å². The lowest BCUT2D eigenvalue weighted by Crippen LogP contribution is -2.60. The molecule has 0 spiro atoms. The van der Waals surface area contributed by atoms with Gasteiger partial charge in [-0.05, 0) is 78.0 Å². The summed E-state index contributed by atoms with van der Waals surface area (Å²) in [6, 6.07) is 7.06. The zero-order chi connectivity index (χ0) is 41.5. The van der Waals surface area contributed by atoms with Crippen LogP contribution in [-0.4, -0.2) is 101 Å². The first-order valence-electron chi connectivity index (χ1n) is 18.9. The number of hydrazine groups is 1. The van der Waals surface area contributed by atoms with Crippen molar-refractivity contribution in [2.45, 2.75) is 100 Å². The van der Waals surface area contributed by atoms with Crippen molar-refractivity contribution >= 4 is 81.6 Å². The van der Waals surface area contributed by atoms with Crippen LogP contribution in [0.5, 0.6) is 0 Å². The van der Waals surface area contributed by atoms with E-state index >= 15 is 0 Å². The molecule has 18 heteroatoms. The van der Waals surface area contributed by atoms with Crippen LogP contribution in [0, 0.1) is 11.3 Å². The molecule has 1 aromatic carbocycles. The second-order valence-corrected chi connectivity index (χ2v) is 18.2. The van der Waals surface area contributed by atoms with E-state index in [1.165, 1.54) is 11.9 Å². The number of nitrogens with zero attached hydrogens (tertiary/aromatic N) is 2. The molecule has 0 bridgehead atoms. The monoisotopic (exact) mass is 853 g/mol. The van der Waals surface area contributed by atoms with E-state index in [1.54, 1.807) is 32.9 Å². The van der Waals surface area contributed by atoms with Crippen molar-refractivity contribution in [1.82, 2.24) is 26.1 Å². The minimum absolute atomic E-state index is 0.0107. The molecule has 3 N–H and O–H groups in total. The summed E-state index contributed by atoms with van der Waals surface area (Å²) >= 11 is 17.1. The molecule has 4 unspecified atom stereocenters. The van der Waals surface area contributed by atoms with E-state index in [-0.39, 0.29) is 32.5 Å². The Morgan fingerprint density at radius 1 is 1.02 bits per heavy atom. The highest BCUT2D eigenvalue weighted by atomic mass is 35.6. The number of pyridine rings is 1. The molecule has 5 rings (SSSR count). The van der Waals surface area contributed by atoms with Crippen LogP contribution in [0.4, 0.5) is 4.79 Å². The van der Waals surface area contributed by atoms with Gasteiger partial charge in [0.2, 0.25) is 3.79 Å². The van der Waals surface area contributed by atoms with E-state index in [0.29, 0.717) is 36.9 Å². The van der Waals surface area contributed by atoms with Crippen molar-refractivity contribution in [3.8, 4) is 0 Å². The molecule has 1 aliphatic carbocycles. The number of rotatable bonds is 12. The fraction of sp³-hybridized carbons (Fsp3) is 0.590. The Balaban J connectivity index is 1.25. The van der Waals surface area contributed by atoms with Crippen LogP contribution in [0.2, 0.25) is 0 Å². The third kappa shape index (κ3) is 12.4. The van der Waals surface area contributed by atoms with Gasteiger partial charge >= 0.3 is 18.0 Å². The van der Waals surface area contributed by atoms with E-state index in [2.05, 4.69) is 16.1 Å². The molecular weight excluding hydrogens is 805 g/mol. The van der Waals surface area contributed by atoms with Gasteiger partial charge < -0.3 is 34.3 Å². The fourth-order valence-electron chi connectivity index (χ4n) is 6.44. The van der Waals surface area contributed by atoms with Gasteiger partial charge in [-0.15, -0.1) is 0 Å². The van der Waals surface area contributed by atoms with Crippen molar-refractivity contribution in [2.75, 3.05) is 33.2 Å². The molecule has 1 saturated carbocycles. The summed E-state index contributed by atoms with van der Waals surface area (Å²) < 4.78 is 25.8. The topological polar surface area (TPSA) is 184 Å². The number of carbonyl (C=O) groups excluding carboxylic acids is 5. The fourth-order valence-corrected chi connectivity index (χ4v) is 6.60. The first-order chi connectivity index (χ1) is 26.8. The Morgan fingerprint density at radius 2 is 1.72 bits per heavy atom. The number of halogens is 3. The predicted molar refractivity (Wildman–Crippen MR) is 212 cm³/mol. The van der Waals surface area contributed by atoms with Gasteiger partial charge in [-0.25, -0.2) is 10.2 Å². The van der Waals surface area contributed by atoms with Gasteiger partial charge in [0, 0.05) is 17.8 Å². The molecule has 3 heterocycles. The SMILES string of the molecule is CC(NC(=O)C(OC(=O)C1(C=Cc2ccc3ccc(C(C)NC(=O)OC(C)(C)C)nc3c2)COCOC1)C1CCC1)C(=O)N1CCCC(C(=O)OCC(Cl)(Cl)Cl)N1. The average Bonchev–Trinajstić information content (AvgIpc) is 3.13. The van der Waals surface area contributed by atoms with E-state index in [1.807, 2.05) is 37.3 Å². The van der Waals surface area contributed by atoms with Crippen LogP contribution in [-0.2, 0) is 42.9 Å². The molecule has 1 aromatic heterocycles. The summed E-state index contributed by atoms with van der Waals surface area (Å²) in [7, 11) is 0. The predicted octanol–water partition coefficient (Wildman–Crippen LogP) is 5.45. The lowest BCUT2D eigenvalue weighted by Gasteiger charge is -2.37. The third-order valence-corrected chi connectivity index (χ3v) is 10.0. The van der Waals surface area contributed by atoms with E-state index in [9.17, 15) is 24.0 Å². The van der Waals surface area contributed by atoms with Crippen LogP contribution >= 0.6 is 34.8 Å². The van der Waals surface area contributed by atoms with Crippen LogP contribution in [0.15, 0.2) is 36.4 Å². The second kappa shape index (κ2) is 18.9. The lowest BCUT2D eigenvalue weighted by molar-refractivity contribution is -0.194. The standard InChI is InChI=1S/C39H50Cl3N5O10/c1-23(44-36(52)57-37(3,4)5)28-14-13-26-12-11-25(18-30(26)45-28)15-16-38(19-53-22-54-20-38)35(51)56-31(27-8-6-9-27)32(48)43-24(2)33(49)47-17-7-10-29(46-47)34(50)55-21-39(40,41)42/h11-16,18,23-24,27,29,31,46H,6-10,17,19-22H2,1-5H3,(H,43,48)(H,44,52). The van der Waals surface area contributed by atoms with Crippen LogP contribution in [0.1, 0.15) is 84.0 Å². The Hall–Kier alpha value is -3.73. The molecule has 312 valence electrons. The average molecular weight is 855 g/mol. The van der Waals surface area contributed by atoms with E-state index < -0.39 is 75.5 Å². The number of aromatic nitrogens is 1. The van der Waals surface area contributed by atoms with Gasteiger partial charge in [0.1, 0.15) is 36.5 Å². The number of amides is 3. The molecule has 2 aliphatic heterocycles. The number of benzene rings is 1. The summed E-state index contributed by atoms with van der Waals surface area (Å²) in [5.74, 6) is -2.76. The third-order valence-electron chi connectivity index (χ3n) is 9.72. The summed E-state index contributed by atoms with van der Waals surface area (Å²) in [5, 5.41) is 7.64. The second-order valence-electron chi connectivity index (χ2n) is 15.6. The summed E-state index contributed by atoms with van der Waals surface area (Å²) in [4.78, 5) is 70.9. The number of hydrogen-bond acceptors (Lipinski definition) is 12. The molecule has 2 aromatic rings. The Bertz CT molecular complexity index is 1820. The lowest BCUT2D eigenvalue weighted by atomic mass is 9.80. The van der Waals surface area contributed by atoms with Gasteiger partial charge in [0.25, 0.3) is 11.8 Å². The number of esters is 2. The normalized spacial score (nSPS) is 20.5. The first kappa shape index (κ1) is 44.4. The highest BCUT2D eigenvalue weighted by Gasteiger charge is 2.45. The smallest absolute Gasteiger partial charge is 0.408 e. The quantitative estimate of drug-likeness (QED) is 0.140. The Labute approximate surface area is 346 Å². The van der Waals surface area contributed by atoms with Gasteiger partial charge in [0.05, 0.1) is 30.5 Å². The number of nitrogens with one attached hydrogen (secondary N) is 3. The van der Waals surface area contributed by atoms with Crippen LogP contribution in [0.25, 0.3) is 17.0 Å². The van der Waals surface area contributed by atoms with Crippen molar-refractivity contribution in [3.05, 3.63) is 47.7 Å². The molecule has 0 radical (unpaired) electrons. The zero-order valence-electron chi connectivity index (χ0n) is 32.6. The largest absolute Gasteiger partial charge is 0.460 e. The first-order valence-corrected chi connectivity index (χ1v) is 20.0. The number of ether oxygens (including phenoxy) is 5. The van der Waals surface area contributed by atoms with E-state index in [0.717, 1.165) is 17.4 Å². The van der Waals surface area contributed by atoms with Gasteiger partial charge in [-0.3, -0.25) is 29.2 Å². The highest BCUT2D eigenvalue weighted by Crippen LogP contribution is 2.35. The number of alkyl carbamates (subject to hydrolysis) is 1. The number of carbonyl (C=O) groups is 5. The van der Waals surface area contributed by atoms with Crippen LogP contribution in [0.3, 0.4) is 0 Å². The molecule has 3 fully saturated rings. The maximum atomic E-state index is 14.1. The number of fused-ring (bicyclic) bond motifs is 1. The molecule has 3 amide bonds. The van der Waals surface area contributed by atoms with Gasteiger partial charge in [0.15, 0.2) is 6.10 Å². The van der Waals surface area contributed by atoms with Crippen molar-refractivity contribution in [2.24, 2.45) is 11.3 Å². The van der Waals surface area contributed by atoms with Crippen molar-refractivity contribution in [3.63, 3.8) is 0 Å². The highest BCUT2D eigenvalue weighted by molar-refractivity contribution is 6.67. The minimum atomic E-state index is -1.78. The molecular formula is C39H50Cl3N5O10. The summed E-state index contributed by atoms with van der Waals surface area (Å²) in [6.07, 6.45) is 4.74. The summed E-state index contributed by atoms with van der Waals surface area (Å²) in [5.41, 5.74) is 2.85. The molecule has 4 atom stereocenters. The van der Waals surface area contributed by atoms with Crippen molar-refractivity contribution < 1.29 is 47.7 Å². The summed E-state index contributed by atoms with van der Waals surface area (Å²) in [6.45, 7) is 8.41. The molecule has 3 aliphatic rings. The van der Waals surface area contributed by atoms with Gasteiger partial charge in [-0.2, -0.15) is 0 Å². The molecule has 57 heavy (non-hydrogen) atoms. The Kier molecular flexibility index (Phi) is 14.7. The van der Waals surface area contributed by atoms with E-state index in [4.69, 9.17) is 63.5 Å². The minimum Gasteiger partial charge on any atom is -0.460 e. The maximum absolute atomic E-state index is 14.1. The maximum Gasteiger partial charge on any atom is 0.408 e. The number of hydrogen-bond donors (Lipinski definition) is 3. The Morgan fingerprint density at radius 3 is 2.37 bits per heavy atom. The zero-order valence-corrected chi connectivity index (χ0v) is 34.9. The number of alkyl halides is 3. The van der Waals surface area contributed by atoms with Crippen LogP contribution < -0.4 is 16.1 Å².